The van der Waals surface area contributed by atoms with Crippen LogP contribution in [0.3, 0.4) is 0 Å². The number of hydrogen-bond donors (Lipinski definition) is 8. The number of pyridine rings is 4. The molecule has 4 atom stereocenters. The Morgan fingerprint density at radius 3 is 0.851 bits per heavy atom. The molecule has 0 spiro atoms. The van der Waals surface area contributed by atoms with E-state index in [1.165, 1.54) is 171 Å². The maximum absolute atomic E-state index is 8.49. The summed E-state index contributed by atoms with van der Waals surface area (Å²) in [7, 11) is -5.69. The Hall–Kier alpha value is -7.14. The molecular formula is C114H156Ir4N4O8Si4-4. The number of aromatic nitrogens is 4. The summed E-state index contributed by atoms with van der Waals surface area (Å²) < 4.78 is 0. The molecule has 0 bridgehead atoms. The number of aliphatic hydroxyl groups excluding tert-OH is 8. The number of aryl methyl sites for hydroxylation is 8. The summed E-state index contributed by atoms with van der Waals surface area (Å²) in [5.74, 6) is 2.93. The van der Waals surface area contributed by atoms with Crippen LogP contribution in [0, 0.1) is 91.5 Å². The molecule has 134 heavy (non-hydrogen) atoms. The summed E-state index contributed by atoms with van der Waals surface area (Å²) in [6, 6.07) is 59.4. The van der Waals surface area contributed by atoms with Crippen LogP contribution in [-0.4, -0.2) is 117 Å². The molecule has 0 aliphatic rings. The van der Waals surface area contributed by atoms with E-state index >= 15 is 0 Å². The molecule has 8 N–H and O–H groups in total. The summed E-state index contributed by atoms with van der Waals surface area (Å²) in [4.78, 5) is 19.5. The van der Waals surface area contributed by atoms with E-state index in [0.29, 0.717) is 23.7 Å². The molecule has 0 saturated heterocycles. The summed E-state index contributed by atoms with van der Waals surface area (Å²) in [5.41, 5.74) is 23.9. The van der Waals surface area contributed by atoms with Gasteiger partial charge < -0.3 is 60.8 Å². The molecule has 12 nitrogen and oxygen atoms in total. The van der Waals surface area contributed by atoms with Crippen molar-refractivity contribution in [1.82, 2.24) is 19.9 Å². The first-order chi connectivity index (χ1) is 60.1. The zero-order valence-electron chi connectivity index (χ0n) is 86.9. The Morgan fingerprint density at radius 1 is 0.299 bits per heavy atom. The Labute approximate surface area is 864 Å². The van der Waals surface area contributed by atoms with E-state index in [0.717, 1.165) is 69.0 Å². The molecule has 20 heteroatoms. The van der Waals surface area contributed by atoms with Crippen molar-refractivity contribution in [2.24, 2.45) is 11.8 Å². The van der Waals surface area contributed by atoms with Crippen molar-refractivity contribution in [2.45, 2.75) is 294 Å². The van der Waals surface area contributed by atoms with Gasteiger partial charge >= 0.3 is 0 Å². The number of allylic oxidation sites excluding steroid dienone is 4. The standard InChI is InChI=1S/2C24H28N.2C23H30NSi2.4C5H10O2.4Ir/c1-15(2)9-20-13-19(16(3)4)14-23-22(20)7-8-25-24(23)21-11-17(5)10-18(6)12-21;1-15(2)9-21-14-25-24(20-11-17(5)10-18(6)12-20)22-8-7-19(16(3)4)13-23(21)22;2*1-16-11-17(2)13-18(12-16)23-20-10-9-19(25(3,4)5)14-21(20)22(15-24-23)26(6,7)8;4*1-4(6)3-5(2)7;;;;/h2*7-8,10-11,13-16H,9H2,1-6H3;2*9-12,14-15H,1-8H3;4*3-4,6-7H,1-2H3;;;;/q4*-1;;;;;;;;. The van der Waals surface area contributed by atoms with Gasteiger partial charge in [0.15, 0.2) is 0 Å². The molecule has 4 heterocycles. The molecule has 0 saturated carbocycles. The number of aliphatic hydroxyl groups is 8. The van der Waals surface area contributed by atoms with Crippen LogP contribution in [0.15, 0.2) is 193 Å². The van der Waals surface area contributed by atoms with Crippen LogP contribution in [-0.2, 0) is 93.3 Å². The molecule has 0 aliphatic carbocycles. The van der Waals surface area contributed by atoms with Crippen LogP contribution < -0.4 is 20.7 Å². The van der Waals surface area contributed by atoms with Gasteiger partial charge in [-0.2, -0.15) is 0 Å². The zero-order valence-corrected chi connectivity index (χ0v) is 100. The van der Waals surface area contributed by atoms with Crippen molar-refractivity contribution < 1.29 is 121 Å². The molecule has 8 aromatic carbocycles. The normalized spacial score (nSPS) is 12.7. The van der Waals surface area contributed by atoms with Crippen LogP contribution in [0.25, 0.3) is 88.1 Å². The largest absolute Gasteiger partial charge is 0.513 e. The number of rotatable bonds is 18. The van der Waals surface area contributed by atoms with Gasteiger partial charge in [0.25, 0.3) is 0 Å². The Balaban J connectivity index is 0.000000806. The summed E-state index contributed by atoms with van der Waals surface area (Å²) >= 11 is 0. The second-order valence-electron chi connectivity index (χ2n) is 41.2. The molecule has 12 rings (SSSR count). The van der Waals surface area contributed by atoms with E-state index < -0.39 is 56.7 Å². The minimum atomic E-state index is -1.48. The summed E-state index contributed by atoms with van der Waals surface area (Å²) in [6.45, 7) is 76.5. The average molecular weight is 2590 g/mol. The SMILES string of the molecule is CC(O)=CC(C)O.CC(O)=CC(C)O.CC(O)=CC(C)O.CC(O)=CC(C)O.Cc1[c-]c(-c2ncc(CC(C)C)c3cc(C(C)C)ccc23)cc(C)c1.Cc1[c-]c(-c2ncc([Si](C)(C)C)c3cc([Si](C)(C)C)ccc23)cc(C)c1.Cc1[c-]c(-c2ncc([Si](C)(C)C)c3cc([Si](C)(C)C)ccc23)cc(C)c1.Cc1[c-]c(-c2nccc3c(CC(C)C)cc(C(C)C)cc23)cc(C)c1.[Ir].[Ir].[Ir].[Ir]. The predicted molar refractivity (Wildman–Crippen MR) is 571 cm³/mol. The minimum absolute atomic E-state index is 0. The Bertz CT molecular complexity index is 5580. The third kappa shape index (κ3) is 40.7. The van der Waals surface area contributed by atoms with E-state index in [-0.39, 0.29) is 103 Å². The minimum Gasteiger partial charge on any atom is -0.513 e. The maximum atomic E-state index is 8.49. The van der Waals surface area contributed by atoms with Gasteiger partial charge in [0, 0.05) is 105 Å². The molecule has 0 fully saturated rings. The third-order valence-corrected chi connectivity index (χ3v) is 29.4. The van der Waals surface area contributed by atoms with Crippen molar-refractivity contribution in [3.63, 3.8) is 0 Å². The van der Waals surface area contributed by atoms with E-state index in [2.05, 4.69) is 354 Å². The summed E-state index contributed by atoms with van der Waals surface area (Å²) in [6.07, 6.45) is 13.8. The summed E-state index contributed by atoms with van der Waals surface area (Å²) in [5, 5.41) is 84.1. The fourth-order valence-corrected chi connectivity index (χ4v) is 20.8. The number of nitrogens with zero attached hydrogens (tertiary/aromatic N) is 4. The zero-order chi connectivity index (χ0) is 98.3. The molecule has 4 aromatic heterocycles. The molecule has 4 unspecified atom stereocenters. The van der Waals surface area contributed by atoms with Gasteiger partial charge in [-0.05, 0) is 221 Å². The quantitative estimate of drug-likeness (QED) is 0.0229. The second kappa shape index (κ2) is 56.2. The average Bonchev–Trinajstić information content (AvgIpc) is 0.753. The Kier molecular flexibility index (Phi) is 52.4. The number of fused-ring (bicyclic) bond motifs is 4. The number of benzene rings is 8. The molecule has 4 radical (unpaired) electrons. The second-order valence-corrected chi connectivity index (χ2v) is 61.4. The molecule has 12 aromatic rings. The van der Waals surface area contributed by atoms with Gasteiger partial charge in [-0.1, -0.05) is 266 Å². The van der Waals surface area contributed by atoms with E-state index in [4.69, 9.17) is 60.8 Å². The van der Waals surface area contributed by atoms with E-state index in [1.54, 1.807) is 27.7 Å². The van der Waals surface area contributed by atoms with Gasteiger partial charge in [-0.25, -0.2) is 0 Å². The van der Waals surface area contributed by atoms with Gasteiger partial charge in [-0.3, -0.25) is 0 Å². The topological polar surface area (TPSA) is 213 Å². The van der Waals surface area contributed by atoms with Crippen molar-refractivity contribution in [2.75, 3.05) is 0 Å². The first kappa shape index (κ1) is 125. The van der Waals surface area contributed by atoms with Crippen LogP contribution in [0.1, 0.15) is 189 Å². The first-order valence-electron chi connectivity index (χ1n) is 46.1. The fourth-order valence-electron chi connectivity index (χ4n) is 15.6. The van der Waals surface area contributed by atoms with Gasteiger partial charge in [0.05, 0.1) is 79.7 Å². The molecule has 0 aliphatic heterocycles. The van der Waals surface area contributed by atoms with Crippen molar-refractivity contribution in [3.05, 3.63) is 284 Å². The van der Waals surface area contributed by atoms with Gasteiger partial charge in [0.2, 0.25) is 0 Å². The maximum Gasteiger partial charge on any atom is 0.0877 e. The molecule has 736 valence electrons. The van der Waals surface area contributed by atoms with Gasteiger partial charge in [0.1, 0.15) is 0 Å². The van der Waals surface area contributed by atoms with E-state index in [1.807, 2.05) is 6.20 Å². The van der Waals surface area contributed by atoms with Gasteiger partial charge in [-0.15, -0.1) is 140 Å². The van der Waals surface area contributed by atoms with Crippen molar-refractivity contribution in [3.8, 4) is 45.0 Å². The predicted octanol–water partition coefficient (Wildman–Crippen LogP) is 27.4. The monoisotopic (exact) mass is 2590 g/mol. The molecular weight excluding hydrogens is 2430 g/mol. The number of hydrogen-bond acceptors (Lipinski definition) is 12. The van der Waals surface area contributed by atoms with Crippen LogP contribution in [0.5, 0.6) is 0 Å². The smallest absolute Gasteiger partial charge is 0.0877 e. The third-order valence-electron chi connectivity index (χ3n) is 21.2. The molecule has 0 amide bonds. The Morgan fingerprint density at radius 2 is 0.582 bits per heavy atom. The van der Waals surface area contributed by atoms with Crippen LogP contribution >= 0.6 is 0 Å². The van der Waals surface area contributed by atoms with E-state index in [9.17, 15) is 0 Å². The fraction of sp³-hybridized carbons (Fsp3) is 0.404. The van der Waals surface area contributed by atoms with Crippen molar-refractivity contribution in [1.29, 1.82) is 0 Å². The van der Waals surface area contributed by atoms with Crippen molar-refractivity contribution >= 4 is 96.1 Å². The van der Waals surface area contributed by atoms with Crippen LogP contribution in [0.4, 0.5) is 0 Å². The first-order valence-corrected chi connectivity index (χ1v) is 60.1. The van der Waals surface area contributed by atoms with Crippen LogP contribution in [0.2, 0.25) is 78.6 Å².